The van der Waals surface area contributed by atoms with Gasteiger partial charge in [-0.05, 0) is 0 Å². The quantitative estimate of drug-likeness (QED) is 0.733. The Morgan fingerprint density at radius 2 is 1.50 bits per heavy atom. The number of rotatable bonds is 4. The van der Waals surface area contributed by atoms with Gasteiger partial charge in [0.25, 0.3) is 0 Å². The molecule has 0 aliphatic heterocycles. The van der Waals surface area contributed by atoms with E-state index in [1.807, 2.05) is 60.7 Å². The molecule has 1 N–H and O–H groups in total. The lowest BCUT2D eigenvalue weighted by Crippen LogP contribution is -1.92. The fraction of sp³-hybridized carbons (Fsp3) is 0. The zero-order chi connectivity index (χ0) is 13.8. The number of hydrogen-bond donors (Lipinski definition) is 1. The Bertz CT molecular complexity index is 649. The summed E-state index contributed by atoms with van der Waals surface area (Å²) in [7, 11) is 0. The van der Waals surface area contributed by atoms with E-state index >= 15 is 0 Å². The molecule has 0 aliphatic rings. The Morgan fingerprint density at radius 3 is 2.10 bits per heavy atom. The van der Waals surface area contributed by atoms with E-state index in [0.29, 0.717) is 17.9 Å². The second-order valence-electron chi connectivity index (χ2n) is 4.19. The topological polar surface area (TPSA) is 55.1 Å². The minimum atomic E-state index is 0.192. The molecule has 0 spiro atoms. The SMILES string of the molecule is O=CNc1nc(-c2ccccc2)c(-c2ccccc2)o1. The first-order chi connectivity index (χ1) is 9.88. The van der Waals surface area contributed by atoms with E-state index in [1.165, 1.54) is 0 Å². The predicted molar refractivity (Wildman–Crippen MR) is 77.1 cm³/mol. The summed E-state index contributed by atoms with van der Waals surface area (Å²) in [4.78, 5) is 14.9. The highest BCUT2D eigenvalue weighted by atomic mass is 16.4. The minimum Gasteiger partial charge on any atom is -0.423 e. The van der Waals surface area contributed by atoms with Crippen LogP contribution in [0.15, 0.2) is 65.1 Å². The van der Waals surface area contributed by atoms with Crippen LogP contribution in [-0.2, 0) is 4.79 Å². The van der Waals surface area contributed by atoms with E-state index in [0.717, 1.165) is 11.1 Å². The molecule has 0 saturated heterocycles. The van der Waals surface area contributed by atoms with E-state index in [1.54, 1.807) is 0 Å². The number of aromatic nitrogens is 1. The van der Waals surface area contributed by atoms with Crippen LogP contribution in [0.2, 0.25) is 0 Å². The molecule has 0 aliphatic carbocycles. The molecule has 0 atom stereocenters. The summed E-state index contributed by atoms with van der Waals surface area (Å²) >= 11 is 0. The van der Waals surface area contributed by atoms with Crippen LogP contribution in [0.25, 0.3) is 22.6 Å². The molecule has 1 heterocycles. The molecular weight excluding hydrogens is 252 g/mol. The third kappa shape index (κ3) is 2.31. The lowest BCUT2D eigenvalue weighted by molar-refractivity contribution is -0.105. The average molecular weight is 264 g/mol. The predicted octanol–water partition coefficient (Wildman–Crippen LogP) is 3.58. The summed E-state index contributed by atoms with van der Waals surface area (Å²) < 4.78 is 5.64. The number of nitrogens with zero attached hydrogens (tertiary/aromatic N) is 1. The van der Waals surface area contributed by atoms with Crippen LogP contribution in [0.5, 0.6) is 0 Å². The highest BCUT2D eigenvalue weighted by Crippen LogP contribution is 2.33. The number of benzene rings is 2. The van der Waals surface area contributed by atoms with Crippen molar-refractivity contribution >= 4 is 12.4 Å². The van der Waals surface area contributed by atoms with Crippen molar-refractivity contribution in [2.24, 2.45) is 0 Å². The van der Waals surface area contributed by atoms with Gasteiger partial charge in [-0.3, -0.25) is 10.1 Å². The summed E-state index contributed by atoms with van der Waals surface area (Å²) in [6.45, 7) is 0. The van der Waals surface area contributed by atoms with Gasteiger partial charge in [0.1, 0.15) is 5.69 Å². The minimum absolute atomic E-state index is 0.192. The van der Waals surface area contributed by atoms with Crippen LogP contribution in [-0.4, -0.2) is 11.4 Å². The van der Waals surface area contributed by atoms with Crippen LogP contribution in [0.3, 0.4) is 0 Å². The molecule has 0 fully saturated rings. The first-order valence-electron chi connectivity index (χ1n) is 6.20. The summed E-state index contributed by atoms with van der Waals surface area (Å²) in [5.74, 6) is 0.640. The molecule has 4 heteroatoms. The van der Waals surface area contributed by atoms with Gasteiger partial charge in [0, 0.05) is 11.1 Å². The van der Waals surface area contributed by atoms with Crippen molar-refractivity contribution in [1.29, 1.82) is 0 Å². The lowest BCUT2D eigenvalue weighted by atomic mass is 10.1. The Balaban J connectivity index is 2.15. The summed E-state index contributed by atoms with van der Waals surface area (Å²) in [5.41, 5.74) is 2.56. The molecule has 0 bridgehead atoms. The van der Waals surface area contributed by atoms with Crippen LogP contribution in [0, 0.1) is 0 Å². The number of amides is 1. The zero-order valence-corrected chi connectivity index (χ0v) is 10.6. The highest BCUT2D eigenvalue weighted by molar-refractivity contribution is 5.79. The zero-order valence-electron chi connectivity index (χ0n) is 10.6. The van der Waals surface area contributed by atoms with Gasteiger partial charge in [-0.15, -0.1) is 0 Å². The average Bonchev–Trinajstić information content (AvgIpc) is 2.93. The van der Waals surface area contributed by atoms with E-state index in [9.17, 15) is 4.79 Å². The van der Waals surface area contributed by atoms with Crippen molar-refractivity contribution < 1.29 is 9.21 Å². The third-order valence-electron chi connectivity index (χ3n) is 2.89. The molecule has 3 rings (SSSR count). The fourth-order valence-corrected chi connectivity index (χ4v) is 2.01. The molecule has 0 unspecified atom stereocenters. The summed E-state index contributed by atoms with van der Waals surface area (Å²) in [6.07, 6.45) is 0.551. The normalized spacial score (nSPS) is 10.2. The Hall–Kier alpha value is -2.88. The van der Waals surface area contributed by atoms with Crippen molar-refractivity contribution in [2.75, 3.05) is 5.32 Å². The molecule has 2 aromatic carbocycles. The maximum atomic E-state index is 10.6. The van der Waals surface area contributed by atoms with Crippen molar-refractivity contribution in [2.45, 2.75) is 0 Å². The maximum absolute atomic E-state index is 10.6. The largest absolute Gasteiger partial charge is 0.423 e. The van der Waals surface area contributed by atoms with Crippen LogP contribution in [0.4, 0.5) is 6.01 Å². The van der Waals surface area contributed by atoms with Crippen molar-refractivity contribution in [3.05, 3.63) is 60.7 Å². The number of nitrogens with one attached hydrogen (secondary N) is 1. The van der Waals surface area contributed by atoms with Crippen molar-refractivity contribution in [1.82, 2.24) is 4.98 Å². The standard InChI is InChI=1S/C16H12N2O2/c19-11-17-16-18-14(12-7-3-1-4-8-12)15(20-16)13-9-5-2-6-10-13/h1-11H,(H,17,18,19). The molecule has 3 aromatic rings. The van der Waals surface area contributed by atoms with Crippen LogP contribution in [0.1, 0.15) is 0 Å². The molecule has 4 nitrogen and oxygen atoms in total. The number of carbonyl (C=O) groups is 1. The Labute approximate surface area is 116 Å². The first kappa shape index (κ1) is 12.2. The maximum Gasteiger partial charge on any atom is 0.302 e. The summed E-state index contributed by atoms with van der Waals surface area (Å²) in [5, 5.41) is 2.45. The second kappa shape index (κ2) is 5.40. The summed E-state index contributed by atoms with van der Waals surface area (Å²) in [6, 6.07) is 19.6. The third-order valence-corrected chi connectivity index (χ3v) is 2.89. The molecule has 0 radical (unpaired) electrons. The highest BCUT2D eigenvalue weighted by Gasteiger charge is 2.16. The Morgan fingerprint density at radius 1 is 0.900 bits per heavy atom. The van der Waals surface area contributed by atoms with Gasteiger partial charge in [0.15, 0.2) is 5.76 Å². The number of anilines is 1. The van der Waals surface area contributed by atoms with Gasteiger partial charge in [0.05, 0.1) is 0 Å². The Kier molecular flexibility index (Phi) is 3.29. The van der Waals surface area contributed by atoms with Crippen molar-refractivity contribution in [3.63, 3.8) is 0 Å². The first-order valence-corrected chi connectivity index (χ1v) is 6.20. The van der Waals surface area contributed by atoms with Crippen LogP contribution >= 0.6 is 0 Å². The van der Waals surface area contributed by atoms with E-state index in [4.69, 9.17) is 4.42 Å². The molecule has 98 valence electrons. The smallest absolute Gasteiger partial charge is 0.302 e. The molecule has 1 amide bonds. The van der Waals surface area contributed by atoms with Crippen molar-refractivity contribution in [3.8, 4) is 22.6 Å². The number of carbonyl (C=O) groups excluding carboxylic acids is 1. The van der Waals surface area contributed by atoms with E-state index in [2.05, 4.69) is 10.3 Å². The molecule has 1 aromatic heterocycles. The van der Waals surface area contributed by atoms with Gasteiger partial charge in [-0.2, -0.15) is 4.98 Å². The number of hydrogen-bond acceptors (Lipinski definition) is 3. The van der Waals surface area contributed by atoms with Gasteiger partial charge in [-0.25, -0.2) is 0 Å². The van der Waals surface area contributed by atoms with Gasteiger partial charge >= 0.3 is 6.01 Å². The molecule has 20 heavy (non-hydrogen) atoms. The van der Waals surface area contributed by atoms with E-state index in [-0.39, 0.29) is 6.01 Å². The lowest BCUT2D eigenvalue weighted by Gasteiger charge is -2.00. The second-order valence-corrected chi connectivity index (χ2v) is 4.19. The number of oxazole rings is 1. The monoisotopic (exact) mass is 264 g/mol. The van der Waals surface area contributed by atoms with Gasteiger partial charge in [-0.1, -0.05) is 60.7 Å². The fourth-order valence-electron chi connectivity index (χ4n) is 2.01. The molecule has 0 saturated carbocycles. The van der Waals surface area contributed by atoms with Gasteiger partial charge in [0.2, 0.25) is 6.41 Å². The van der Waals surface area contributed by atoms with Crippen LogP contribution < -0.4 is 5.32 Å². The molecular formula is C16H12N2O2. The van der Waals surface area contributed by atoms with E-state index < -0.39 is 0 Å². The van der Waals surface area contributed by atoms with Gasteiger partial charge < -0.3 is 4.42 Å².